The van der Waals surface area contributed by atoms with Gasteiger partial charge in [0, 0.05) is 18.5 Å². The number of rotatable bonds is 6. The number of fused-ring (bicyclic) bond motifs is 1. The quantitative estimate of drug-likeness (QED) is 0.648. The van der Waals surface area contributed by atoms with Crippen LogP contribution in [0, 0.1) is 0 Å². The van der Waals surface area contributed by atoms with Crippen molar-refractivity contribution >= 4 is 17.7 Å². The van der Waals surface area contributed by atoms with Crippen LogP contribution in [0.25, 0.3) is 0 Å². The summed E-state index contributed by atoms with van der Waals surface area (Å²) in [6, 6.07) is 6.90. The summed E-state index contributed by atoms with van der Waals surface area (Å²) in [5, 5.41) is 2.92. The molecule has 0 radical (unpaired) electrons. The van der Waals surface area contributed by atoms with Crippen LogP contribution in [0.4, 0.5) is 0 Å². The lowest BCUT2D eigenvalue weighted by Gasteiger charge is -2.20. The Bertz CT molecular complexity index is 582. The van der Waals surface area contributed by atoms with Crippen LogP contribution in [-0.2, 0) is 4.79 Å². The van der Waals surface area contributed by atoms with Crippen molar-refractivity contribution in [1.29, 1.82) is 0 Å². The second-order valence-corrected chi connectivity index (χ2v) is 6.92. The molecule has 0 bridgehead atoms. The third-order valence-electron chi connectivity index (χ3n) is 3.68. The molecule has 124 valence electrons. The summed E-state index contributed by atoms with van der Waals surface area (Å²) in [5.74, 6) is -0.384. The predicted molar refractivity (Wildman–Crippen MR) is 88.2 cm³/mol. The number of imide groups is 1. The molecule has 0 fully saturated rings. The number of hydrogen-bond donors (Lipinski definition) is 1. The lowest BCUT2D eigenvalue weighted by atomic mass is 10.1. The zero-order valence-electron chi connectivity index (χ0n) is 14.0. The Balaban J connectivity index is 1.73. The van der Waals surface area contributed by atoms with Gasteiger partial charge in [-0.15, -0.1) is 0 Å². The largest absolute Gasteiger partial charge is 0.352 e. The highest BCUT2D eigenvalue weighted by Crippen LogP contribution is 2.22. The Labute approximate surface area is 137 Å². The minimum absolute atomic E-state index is 0.0400. The van der Waals surface area contributed by atoms with Gasteiger partial charge >= 0.3 is 0 Å². The maximum atomic E-state index is 12.2. The highest BCUT2D eigenvalue weighted by molar-refractivity contribution is 6.21. The molecule has 23 heavy (non-hydrogen) atoms. The van der Waals surface area contributed by atoms with E-state index in [-0.39, 0.29) is 23.3 Å². The summed E-state index contributed by atoms with van der Waals surface area (Å²) in [6.07, 6.45) is 2.75. The fraction of sp³-hybridized carbons (Fsp3) is 0.500. The molecule has 0 saturated heterocycles. The van der Waals surface area contributed by atoms with Gasteiger partial charge in [-0.25, -0.2) is 0 Å². The van der Waals surface area contributed by atoms with Gasteiger partial charge in [0.25, 0.3) is 11.8 Å². The van der Waals surface area contributed by atoms with Crippen molar-refractivity contribution in [2.75, 3.05) is 6.54 Å². The SMILES string of the molecule is CC(C)(C)NC(=O)CCCCCN1C(=O)c2ccccc2C1=O. The monoisotopic (exact) mass is 316 g/mol. The molecule has 0 aromatic heterocycles. The molecule has 1 heterocycles. The van der Waals surface area contributed by atoms with Gasteiger partial charge in [0.1, 0.15) is 0 Å². The van der Waals surface area contributed by atoms with Crippen LogP contribution in [-0.4, -0.2) is 34.7 Å². The number of benzene rings is 1. The summed E-state index contributed by atoms with van der Waals surface area (Å²) >= 11 is 0. The first-order valence-electron chi connectivity index (χ1n) is 8.06. The summed E-state index contributed by atoms with van der Waals surface area (Å²) in [6.45, 7) is 6.26. The minimum atomic E-state index is -0.212. The maximum Gasteiger partial charge on any atom is 0.261 e. The molecule has 0 unspecified atom stereocenters. The van der Waals surface area contributed by atoms with E-state index in [4.69, 9.17) is 0 Å². The van der Waals surface area contributed by atoms with E-state index in [0.29, 0.717) is 30.5 Å². The fourth-order valence-electron chi connectivity index (χ4n) is 2.66. The standard InChI is InChI=1S/C18H24N2O3/c1-18(2,3)19-15(21)11-5-4-8-12-20-16(22)13-9-6-7-10-14(13)17(20)23/h6-7,9-10H,4-5,8,11-12H2,1-3H3,(H,19,21). The molecule has 1 aliphatic heterocycles. The number of nitrogens with zero attached hydrogens (tertiary/aromatic N) is 1. The molecule has 0 saturated carbocycles. The molecule has 5 nitrogen and oxygen atoms in total. The molecule has 1 aromatic rings. The molecule has 0 atom stereocenters. The van der Waals surface area contributed by atoms with E-state index >= 15 is 0 Å². The van der Waals surface area contributed by atoms with E-state index in [1.165, 1.54) is 4.90 Å². The highest BCUT2D eigenvalue weighted by atomic mass is 16.2. The van der Waals surface area contributed by atoms with E-state index in [1.807, 2.05) is 20.8 Å². The molecule has 2 rings (SSSR count). The number of nitrogens with one attached hydrogen (secondary N) is 1. The molecule has 1 aliphatic rings. The third-order valence-corrected chi connectivity index (χ3v) is 3.68. The Morgan fingerprint density at radius 1 is 1.00 bits per heavy atom. The number of carbonyl (C=O) groups is 3. The highest BCUT2D eigenvalue weighted by Gasteiger charge is 2.34. The maximum absolute atomic E-state index is 12.2. The second-order valence-electron chi connectivity index (χ2n) is 6.92. The van der Waals surface area contributed by atoms with Crippen molar-refractivity contribution in [2.24, 2.45) is 0 Å². The minimum Gasteiger partial charge on any atom is -0.352 e. The number of amides is 3. The van der Waals surface area contributed by atoms with Crippen molar-refractivity contribution in [1.82, 2.24) is 10.2 Å². The van der Waals surface area contributed by atoms with Crippen LogP contribution < -0.4 is 5.32 Å². The Hall–Kier alpha value is -2.17. The fourth-order valence-corrected chi connectivity index (χ4v) is 2.66. The van der Waals surface area contributed by atoms with Crippen molar-refractivity contribution in [2.45, 2.75) is 52.0 Å². The zero-order valence-corrected chi connectivity index (χ0v) is 14.0. The lowest BCUT2D eigenvalue weighted by molar-refractivity contribution is -0.122. The second kappa shape index (κ2) is 6.94. The molecule has 5 heteroatoms. The van der Waals surface area contributed by atoms with Crippen LogP contribution in [0.5, 0.6) is 0 Å². The van der Waals surface area contributed by atoms with Crippen molar-refractivity contribution < 1.29 is 14.4 Å². The molecule has 3 amide bonds. The van der Waals surface area contributed by atoms with Crippen LogP contribution in [0.2, 0.25) is 0 Å². The first-order valence-corrected chi connectivity index (χ1v) is 8.06. The lowest BCUT2D eigenvalue weighted by Crippen LogP contribution is -2.40. The molecule has 0 spiro atoms. The zero-order chi connectivity index (χ0) is 17.0. The summed E-state index contributed by atoms with van der Waals surface area (Å²) in [4.78, 5) is 37.4. The number of unbranched alkanes of at least 4 members (excludes halogenated alkanes) is 2. The van der Waals surface area contributed by atoms with E-state index < -0.39 is 0 Å². The molecular formula is C18H24N2O3. The topological polar surface area (TPSA) is 66.5 Å². The van der Waals surface area contributed by atoms with E-state index in [1.54, 1.807) is 24.3 Å². The van der Waals surface area contributed by atoms with E-state index in [0.717, 1.165) is 12.8 Å². The van der Waals surface area contributed by atoms with Gasteiger partial charge in [-0.1, -0.05) is 18.6 Å². The molecule has 1 aromatic carbocycles. The number of carbonyl (C=O) groups excluding carboxylic acids is 3. The van der Waals surface area contributed by atoms with Gasteiger partial charge in [0.2, 0.25) is 5.91 Å². The smallest absolute Gasteiger partial charge is 0.261 e. The van der Waals surface area contributed by atoms with E-state index in [2.05, 4.69) is 5.32 Å². The molecule has 0 aliphatic carbocycles. The van der Waals surface area contributed by atoms with Gasteiger partial charge in [-0.05, 0) is 45.7 Å². The van der Waals surface area contributed by atoms with Gasteiger partial charge in [0.05, 0.1) is 11.1 Å². The first kappa shape index (κ1) is 17.2. The van der Waals surface area contributed by atoms with Crippen molar-refractivity contribution in [3.05, 3.63) is 35.4 Å². The average molecular weight is 316 g/mol. The summed E-state index contributed by atoms with van der Waals surface area (Å²) < 4.78 is 0. The van der Waals surface area contributed by atoms with Crippen molar-refractivity contribution in [3.63, 3.8) is 0 Å². The van der Waals surface area contributed by atoms with Crippen LogP contribution >= 0.6 is 0 Å². The van der Waals surface area contributed by atoms with Gasteiger partial charge in [-0.2, -0.15) is 0 Å². The normalized spacial score (nSPS) is 14.1. The Kier molecular flexibility index (Phi) is 5.19. The average Bonchev–Trinajstić information content (AvgIpc) is 2.70. The van der Waals surface area contributed by atoms with Crippen LogP contribution in [0.3, 0.4) is 0 Å². The summed E-state index contributed by atoms with van der Waals surface area (Å²) in [5.41, 5.74) is 0.765. The van der Waals surface area contributed by atoms with Crippen molar-refractivity contribution in [3.8, 4) is 0 Å². The first-order chi connectivity index (χ1) is 10.8. The van der Waals surface area contributed by atoms with Gasteiger partial charge < -0.3 is 5.32 Å². The van der Waals surface area contributed by atoms with Gasteiger partial charge in [-0.3, -0.25) is 19.3 Å². The molecule has 1 N–H and O–H groups in total. The Morgan fingerprint density at radius 2 is 1.57 bits per heavy atom. The van der Waals surface area contributed by atoms with Gasteiger partial charge in [0.15, 0.2) is 0 Å². The van der Waals surface area contributed by atoms with E-state index in [9.17, 15) is 14.4 Å². The van der Waals surface area contributed by atoms with Crippen LogP contribution in [0.1, 0.15) is 67.2 Å². The predicted octanol–water partition coefficient (Wildman–Crippen LogP) is 2.76. The Morgan fingerprint density at radius 3 is 2.09 bits per heavy atom. The molecular weight excluding hydrogens is 292 g/mol. The number of hydrogen-bond acceptors (Lipinski definition) is 3. The third kappa shape index (κ3) is 4.41. The van der Waals surface area contributed by atoms with Crippen LogP contribution in [0.15, 0.2) is 24.3 Å². The summed E-state index contributed by atoms with van der Waals surface area (Å²) in [7, 11) is 0.